The van der Waals surface area contributed by atoms with Gasteiger partial charge in [-0.1, -0.05) is 0 Å². The fraction of sp³-hybridized carbons (Fsp3) is 0. The lowest BCUT2D eigenvalue weighted by molar-refractivity contribution is 0.936. The summed E-state index contributed by atoms with van der Waals surface area (Å²) >= 11 is 0. The van der Waals surface area contributed by atoms with E-state index in [2.05, 4.69) is 20.1 Å². The molecule has 0 amide bonds. The summed E-state index contributed by atoms with van der Waals surface area (Å²) < 4.78 is 3.63. The largest absolute Gasteiger partial charge is 0.291 e. The average Bonchev–Trinajstić information content (AvgIpc) is 3.05. The predicted molar refractivity (Wildman–Crippen MR) is 65.0 cm³/mol. The van der Waals surface area contributed by atoms with Crippen molar-refractivity contribution in [2.75, 3.05) is 0 Å². The van der Waals surface area contributed by atoms with Crippen LogP contribution in [0.4, 0.5) is 0 Å². The van der Waals surface area contributed by atoms with Crippen molar-refractivity contribution in [2.45, 2.75) is 0 Å². The molecular weight excluding hydrogens is 228 g/mol. The van der Waals surface area contributed by atoms with Crippen molar-refractivity contribution in [3.63, 3.8) is 0 Å². The maximum absolute atomic E-state index is 4.31. The van der Waals surface area contributed by atoms with Gasteiger partial charge in [0.15, 0.2) is 5.65 Å². The van der Waals surface area contributed by atoms with Gasteiger partial charge in [0.25, 0.3) is 0 Å². The van der Waals surface area contributed by atoms with Crippen LogP contribution < -0.4 is 0 Å². The molecule has 0 aromatic carbocycles. The van der Waals surface area contributed by atoms with E-state index in [1.54, 1.807) is 29.3 Å². The highest BCUT2D eigenvalue weighted by Gasteiger charge is 2.07. The van der Waals surface area contributed by atoms with Crippen LogP contribution in [0.25, 0.3) is 22.6 Å². The van der Waals surface area contributed by atoms with Crippen LogP contribution in [0.5, 0.6) is 0 Å². The Kier molecular flexibility index (Phi) is 1.74. The minimum absolute atomic E-state index is 0.687. The van der Waals surface area contributed by atoms with E-state index in [9.17, 15) is 0 Å². The van der Waals surface area contributed by atoms with E-state index < -0.39 is 0 Å². The molecule has 4 aromatic rings. The van der Waals surface area contributed by atoms with Crippen LogP contribution in [0.15, 0.2) is 49.4 Å². The van der Waals surface area contributed by atoms with Crippen molar-refractivity contribution in [3.8, 4) is 11.1 Å². The van der Waals surface area contributed by atoms with Gasteiger partial charge in [-0.25, -0.2) is 19.5 Å². The van der Waals surface area contributed by atoms with Gasteiger partial charge >= 0.3 is 0 Å². The van der Waals surface area contributed by atoms with E-state index >= 15 is 0 Å². The first kappa shape index (κ1) is 9.29. The number of hydrogen-bond acceptors (Lipinski definition) is 4. The monoisotopic (exact) mass is 236 g/mol. The summed E-state index contributed by atoms with van der Waals surface area (Å²) in [6, 6.07) is 1.93. The molecule has 0 bridgehead atoms. The van der Waals surface area contributed by atoms with Crippen LogP contribution in [-0.4, -0.2) is 29.0 Å². The molecule has 6 heteroatoms. The van der Waals surface area contributed by atoms with Gasteiger partial charge in [0.05, 0.1) is 0 Å². The number of imidazole rings is 2. The van der Waals surface area contributed by atoms with E-state index in [0.717, 1.165) is 16.8 Å². The Morgan fingerprint density at radius 2 is 1.89 bits per heavy atom. The first-order valence-electron chi connectivity index (χ1n) is 5.49. The SMILES string of the molecule is c1cn2cc(-c3ccnn4ccnc34)cnc2n1. The van der Waals surface area contributed by atoms with Crippen LogP contribution in [0.3, 0.4) is 0 Å². The van der Waals surface area contributed by atoms with Crippen molar-refractivity contribution >= 4 is 11.4 Å². The second-order valence-electron chi connectivity index (χ2n) is 3.92. The van der Waals surface area contributed by atoms with Gasteiger partial charge in [-0.3, -0.25) is 4.40 Å². The van der Waals surface area contributed by atoms with Crippen LogP contribution in [-0.2, 0) is 0 Å². The maximum atomic E-state index is 4.31. The molecule has 18 heavy (non-hydrogen) atoms. The second-order valence-corrected chi connectivity index (χ2v) is 3.92. The van der Waals surface area contributed by atoms with Gasteiger partial charge in [-0.15, -0.1) is 0 Å². The van der Waals surface area contributed by atoms with Crippen molar-refractivity contribution in [1.82, 2.24) is 29.0 Å². The van der Waals surface area contributed by atoms with Crippen LogP contribution >= 0.6 is 0 Å². The number of hydrogen-bond donors (Lipinski definition) is 0. The topological polar surface area (TPSA) is 60.4 Å². The third-order valence-electron chi connectivity index (χ3n) is 2.85. The zero-order valence-corrected chi connectivity index (χ0v) is 9.30. The van der Waals surface area contributed by atoms with E-state index in [-0.39, 0.29) is 0 Å². The lowest BCUT2D eigenvalue weighted by Crippen LogP contribution is -1.94. The third-order valence-corrected chi connectivity index (χ3v) is 2.85. The Balaban J connectivity index is 2.03. The molecule has 0 aliphatic carbocycles. The summed E-state index contributed by atoms with van der Waals surface area (Å²) in [6.07, 6.45) is 12.7. The molecule has 86 valence electrons. The number of fused-ring (bicyclic) bond motifs is 2. The van der Waals surface area contributed by atoms with Crippen molar-refractivity contribution in [3.05, 3.63) is 49.4 Å². The highest BCUT2D eigenvalue weighted by Crippen LogP contribution is 2.21. The molecule has 4 rings (SSSR count). The summed E-state index contributed by atoms with van der Waals surface area (Å²) in [5, 5.41) is 4.19. The Labute approximate surface area is 102 Å². The highest BCUT2D eigenvalue weighted by atomic mass is 15.2. The minimum atomic E-state index is 0.687. The number of nitrogens with zero attached hydrogens (tertiary/aromatic N) is 6. The van der Waals surface area contributed by atoms with Gasteiger partial charge < -0.3 is 0 Å². The maximum Gasteiger partial charge on any atom is 0.233 e. The predicted octanol–water partition coefficient (Wildman–Crippen LogP) is 1.44. The molecule has 4 aromatic heterocycles. The average molecular weight is 236 g/mol. The van der Waals surface area contributed by atoms with E-state index in [1.807, 2.05) is 29.1 Å². The molecule has 0 spiro atoms. The van der Waals surface area contributed by atoms with Crippen LogP contribution in [0.2, 0.25) is 0 Å². The summed E-state index contributed by atoms with van der Waals surface area (Å²) in [6.45, 7) is 0. The van der Waals surface area contributed by atoms with Crippen molar-refractivity contribution in [1.29, 1.82) is 0 Å². The summed E-state index contributed by atoms with van der Waals surface area (Å²) in [5.74, 6) is 0.687. The van der Waals surface area contributed by atoms with E-state index in [0.29, 0.717) is 5.78 Å². The Morgan fingerprint density at radius 1 is 0.944 bits per heavy atom. The lowest BCUT2D eigenvalue weighted by atomic mass is 10.1. The molecule has 0 atom stereocenters. The molecule has 0 saturated carbocycles. The van der Waals surface area contributed by atoms with E-state index in [4.69, 9.17) is 0 Å². The zero-order valence-electron chi connectivity index (χ0n) is 9.30. The fourth-order valence-electron chi connectivity index (χ4n) is 2.02. The highest BCUT2D eigenvalue weighted by molar-refractivity contribution is 5.76. The third kappa shape index (κ3) is 1.22. The smallest absolute Gasteiger partial charge is 0.233 e. The molecule has 0 unspecified atom stereocenters. The van der Waals surface area contributed by atoms with E-state index in [1.165, 1.54) is 0 Å². The molecule has 0 aliphatic rings. The molecular formula is C12H8N6. The Hall–Kier alpha value is -2.76. The molecule has 0 radical (unpaired) electrons. The molecule has 4 heterocycles. The lowest BCUT2D eigenvalue weighted by Gasteiger charge is -2.03. The molecule has 6 nitrogen and oxygen atoms in total. The van der Waals surface area contributed by atoms with Crippen molar-refractivity contribution in [2.24, 2.45) is 0 Å². The number of rotatable bonds is 1. The quantitative estimate of drug-likeness (QED) is 0.501. The van der Waals surface area contributed by atoms with Gasteiger partial charge in [0.2, 0.25) is 5.78 Å². The zero-order chi connectivity index (χ0) is 11.9. The minimum Gasteiger partial charge on any atom is -0.291 e. The summed E-state index contributed by atoms with van der Waals surface area (Å²) in [5.41, 5.74) is 2.80. The van der Waals surface area contributed by atoms with Crippen LogP contribution in [0, 0.1) is 0 Å². The summed E-state index contributed by atoms with van der Waals surface area (Å²) in [7, 11) is 0. The van der Waals surface area contributed by atoms with Crippen LogP contribution in [0.1, 0.15) is 0 Å². The Morgan fingerprint density at radius 3 is 2.89 bits per heavy atom. The van der Waals surface area contributed by atoms with Gasteiger partial charge in [-0.2, -0.15) is 5.10 Å². The number of aromatic nitrogens is 6. The van der Waals surface area contributed by atoms with Gasteiger partial charge in [0.1, 0.15) is 0 Å². The molecule has 0 fully saturated rings. The molecule has 0 saturated heterocycles. The molecule has 0 aliphatic heterocycles. The van der Waals surface area contributed by atoms with Gasteiger partial charge in [-0.05, 0) is 6.07 Å². The molecule has 0 N–H and O–H groups in total. The van der Waals surface area contributed by atoms with Gasteiger partial charge in [0, 0.05) is 54.5 Å². The fourth-order valence-corrected chi connectivity index (χ4v) is 2.02. The first-order valence-corrected chi connectivity index (χ1v) is 5.49. The first-order chi connectivity index (χ1) is 8.92. The second kappa shape index (κ2) is 3.36. The summed E-state index contributed by atoms with van der Waals surface area (Å²) in [4.78, 5) is 12.7. The standard InChI is InChI=1S/C12H8N6/c1-2-16-18-6-4-13-11(18)10(1)9-7-15-12-14-3-5-17(12)8-9/h1-8H. The normalized spacial score (nSPS) is 11.3. The van der Waals surface area contributed by atoms with Crippen molar-refractivity contribution < 1.29 is 0 Å². The Bertz CT molecular complexity index is 844.